The van der Waals surface area contributed by atoms with Gasteiger partial charge in [-0.05, 0) is 28.8 Å². The molecule has 1 aromatic heterocycles. The normalized spacial score (nSPS) is 21.5. The van der Waals surface area contributed by atoms with Gasteiger partial charge in [0.15, 0.2) is 0 Å². The van der Waals surface area contributed by atoms with Gasteiger partial charge in [0.25, 0.3) is 0 Å². The zero-order chi connectivity index (χ0) is 9.97. The van der Waals surface area contributed by atoms with Gasteiger partial charge in [0, 0.05) is 17.9 Å². The maximum Gasteiger partial charge on any atom is 0.227 e. The Kier molecular flexibility index (Phi) is 3.23. The summed E-state index contributed by atoms with van der Waals surface area (Å²) >= 11 is 5.18. The third-order valence-electron chi connectivity index (χ3n) is 2.42. The Bertz CT molecular complexity index is 312. The van der Waals surface area contributed by atoms with Crippen molar-refractivity contribution < 1.29 is 4.79 Å². The minimum absolute atomic E-state index is 0.255. The van der Waals surface area contributed by atoms with E-state index in [1.807, 2.05) is 21.7 Å². The van der Waals surface area contributed by atoms with Gasteiger partial charge in [-0.25, -0.2) is 0 Å². The van der Waals surface area contributed by atoms with Gasteiger partial charge >= 0.3 is 0 Å². The molecule has 0 spiro atoms. The van der Waals surface area contributed by atoms with Crippen LogP contribution in [0.5, 0.6) is 0 Å². The SMILES string of the molecule is O=C(Cc1ccsc1)N1CCC(Br)C1. The number of alkyl halides is 1. The predicted octanol–water partition coefficient (Wildman–Crippen LogP) is 2.29. The highest BCUT2D eigenvalue weighted by atomic mass is 79.9. The van der Waals surface area contributed by atoms with Crippen LogP contribution in [0, 0.1) is 0 Å². The number of carbonyl (C=O) groups is 1. The number of carbonyl (C=O) groups excluding carboxylic acids is 1. The highest BCUT2D eigenvalue weighted by Gasteiger charge is 2.23. The highest BCUT2D eigenvalue weighted by molar-refractivity contribution is 9.09. The van der Waals surface area contributed by atoms with Crippen LogP contribution >= 0.6 is 27.3 Å². The molecule has 14 heavy (non-hydrogen) atoms. The van der Waals surface area contributed by atoms with E-state index >= 15 is 0 Å². The molecule has 1 amide bonds. The van der Waals surface area contributed by atoms with Crippen molar-refractivity contribution in [2.24, 2.45) is 0 Å². The summed E-state index contributed by atoms with van der Waals surface area (Å²) in [6, 6.07) is 2.02. The summed E-state index contributed by atoms with van der Waals surface area (Å²) in [5, 5.41) is 4.06. The van der Waals surface area contributed by atoms with Crippen LogP contribution in [0.25, 0.3) is 0 Å². The summed E-state index contributed by atoms with van der Waals surface area (Å²) in [6.07, 6.45) is 1.64. The van der Waals surface area contributed by atoms with E-state index in [2.05, 4.69) is 15.9 Å². The first-order valence-electron chi connectivity index (χ1n) is 4.68. The van der Waals surface area contributed by atoms with Crippen LogP contribution in [0.3, 0.4) is 0 Å². The quantitative estimate of drug-likeness (QED) is 0.758. The van der Waals surface area contributed by atoms with E-state index < -0.39 is 0 Å². The molecular formula is C10H12BrNOS. The maximum absolute atomic E-state index is 11.8. The summed E-state index contributed by atoms with van der Waals surface area (Å²) < 4.78 is 0. The molecule has 0 aromatic carbocycles. The number of halogens is 1. The lowest BCUT2D eigenvalue weighted by Crippen LogP contribution is -2.30. The molecule has 1 atom stereocenters. The van der Waals surface area contributed by atoms with Gasteiger partial charge in [-0.2, -0.15) is 11.3 Å². The van der Waals surface area contributed by atoms with Gasteiger partial charge in [0.1, 0.15) is 0 Å². The Hall–Kier alpha value is -0.350. The lowest BCUT2D eigenvalue weighted by molar-refractivity contribution is -0.129. The summed E-state index contributed by atoms with van der Waals surface area (Å²) in [4.78, 5) is 14.2. The number of rotatable bonds is 2. The first-order valence-corrected chi connectivity index (χ1v) is 6.54. The van der Waals surface area contributed by atoms with E-state index in [0.717, 1.165) is 25.1 Å². The number of amides is 1. The van der Waals surface area contributed by atoms with E-state index in [4.69, 9.17) is 0 Å². The third-order valence-corrected chi connectivity index (χ3v) is 3.90. The maximum atomic E-state index is 11.8. The summed E-state index contributed by atoms with van der Waals surface area (Å²) in [5.74, 6) is 0.255. The number of hydrogen-bond donors (Lipinski definition) is 0. The Morgan fingerprint density at radius 3 is 3.14 bits per heavy atom. The number of nitrogens with zero attached hydrogens (tertiary/aromatic N) is 1. The fourth-order valence-corrected chi connectivity index (χ4v) is 2.85. The summed E-state index contributed by atoms with van der Waals surface area (Å²) in [5.41, 5.74) is 1.14. The fraction of sp³-hybridized carbons (Fsp3) is 0.500. The van der Waals surface area contributed by atoms with Crippen LogP contribution in [0.1, 0.15) is 12.0 Å². The summed E-state index contributed by atoms with van der Waals surface area (Å²) in [7, 11) is 0. The molecule has 4 heteroatoms. The Labute approximate surface area is 96.0 Å². The van der Waals surface area contributed by atoms with Crippen molar-refractivity contribution in [2.45, 2.75) is 17.7 Å². The van der Waals surface area contributed by atoms with Crippen molar-refractivity contribution in [3.05, 3.63) is 22.4 Å². The zero-order valence-corrected chi connectivity index (χ0v) is 10.2. The van der Waals surface area contributed by atoms with Crippen molar-refractivity contribution in [1.29, 1.82) is 0 Å². The van der Waals surface area contributed by atoms with Gasteiger partial charge in [-0.15, -0.1) is 0 Å². The second-order valence-corrected chi connectivity index (χ2v) is 5.61. The molecule has 0 N–H and O–H groups in total. The molecule has 2 heterocycles. The number of likely N-dealkylation sites (tertiary alicyclic amines) is 1. The average molecular weight is 274 g/mol. The van der Waals surface area contributed by atoms with E-state index in [0.29, 0.717) is 11.2 Å². The molecule has 1 aromatic rings. The molecule has 76 valence electrons. The van der Waals surface area contributed by atoms with Crippen molar-refractivity contribution in [1.82, 2.24) is 4.90 Å². The molecular weight excluding hydrogens is 262 g/mol. The first-order chi connectivity index (χ1) is 6.75. The van der Waals surface area contributed by atoms with Crippen LogP contribution in [0.15, 0.2) is 16.8 Å². The van der Waals surface area contributed by atoms with Crippen molar-refractivity contribution in [2.75, 3.05) is 13.1 Å². The van der Waals surface area contributed by atoms with Crippen molar-refractivity contribution in [3.8, 4) is 0 Å². The van der Waals surface area contributed by atoms with Gasteiger partial charge in [0.2, 0.25) is 5.91 Å². The van der Waals surface area contributed by atoms with Gasteiger partial charge in [0.05, 0.1) is 6.42 Å². The molecule has 1 aliphatic heterocycles. The van der Waals surface area contributed by atoms with E-state index in [1.54, 1.807) is 11.3 Å². The van der Waals surface area contributed by atoms with Crippen LogP contribution in [0.2, 0.25) is 0 Å². The fourth-order valence-electron chi connectivity index (χ4n) is 1.62. The van der Waals surface area contributed by atoms with E-state index in [-0.39, 0.29) is 5.91 Å². The molecule has 0 saturated carbocycles. The van der Waals surface area contributed by atoms with Crippen LogP contribution < -0.4 is 0 Å². The summed E-state index contributed by atoms with van der Waals surface area (Å²) in [6.45, 7) is 1.77. The van der Waals surface area contributed by atoms with Crippen molar-refractivity contribution in [3.63, 3.8) is 0 Å². The lowest BCUT2D eigenvalue weighted by atomic mass is 10.2. The van der Waals surface area contributed by atoms with Gasteiger partial charge in [-0.1, -0.05) is 15.9 Å². The second-order valence-electron chi connectivity index (χ2n) is 3.53. The Morgan fingerprint density at radius 2 is 2.57 bits per heavy atom. The standard InChI is InChI=1S/C10H12BrNOS/c11-9-1-3-12(6-9)10(13)5-8-2-4-14-7-8/h2,4,7,9H,1,3,5-6H2. The molecule has 1 unspecified atom stereocenters. The minimum atomic E-state index is 0.255. The number of thiophene rings is 1. The molecule has 0 aliphatic carbocycles. The van der Waals surface area contributed by atoms with Gasteiger partial charge < -0.3 is 4.90 Å². The van der Waals surface area contributed by atoms with Gasteiger partial charge in [-0.3, -0.25) is 4.79 Å². The van der Waals surface area contributed by atoms with Crippen LogP contribution in [-0.2, 0) is 11.2 Å². The topological polar surface area (TPSA) is 20.3 Å². The average Bonchev–Trinajstić information content (AvgIpc) is 2.75. The molecule has 2 nitrogen and oxygen atoms in total. The predicted molar refractivity (Wildman–Crippen MR) is 61.9 cm³/mol. The first kappa shape index (κ1) is 10.2. The molecule has 1 aliphatic rings. The Balaban J connectivity index is 1.90. The Morgan fingerprint density at radius 1 is 1.71 bits per heavy atom. The van der Waals surface area contributed by atoms with E-state index in [1.165, 1.54) is 0 Å². The highest BCUT2D eigenvalue weighted by Crippen LogP contribution is 2.18. The second kappa shape index (κ2) is 4.45. The molecule has 0 radical (unpaired) electrons. The minimum Gasteiger partial charge on any atom is -0.341 e. The lowest BCUT2D eigenvalue weighted by Gasteiger charge is -2.14. The monoisotopic (exact) mass is 273 g/mol. The molecule has 1 saturated heterocycles. The van der Waals surface area contributed by atoms with E-state index in [9.17, 15) is 4.79 Å². The smallest absolute Gasteiger partial charge is 0.227 e. The molecule has 2 rings (SSSR count). The zero-order valence-electron chi connectivity index (χ0n) is 7.78. The number of hydrogen-bond acceptors (Lipinski definition) is 2. The van der Waals surface area contributed by atoms with Crippen LogP contribution in [-0.4, -0.2) is 28.7 Å². The molecule has 0 bridgehead atoms. The molecule has 1 fully saturated rings. The third kappa shape index (κ3) is 2.36. The largest absolute Gasteiger partial charge is 0.341 e. The van der Waals surface area contributed by atoms with Crippen LogP contribution in [0.4, 0.5) is 0 Å². The van der Waals surface area contributed by atoms with Crippen molar-refractivity contribution >= 4 is 33.2 Å².